The van der Waals surface area contributed by atoms with Crippen molar-refractivity contribution in [1.82, 2.24) is 5.32 Å². The van der Waals surface area contributed by atoms with Crippen LogP contribution in [0, 0.1) is 0 Å². The highest BCUT2D eigenvalue weighted by atomic mass is 19.4. The lowest BCUT2D eigenvalue weighted by Crippen LogP contribution is -2.50. The quantitative estimate of drug-likeness (QED) is 0.548. The number of aliphatic imine (C=N–C) groups is 1. The van der Waals surface area contributed by atoms with E-state index in [-0.39, 0.29) is 11.6 Å². The molecule has 3 aromatic rings. The van der Waals surface area contributed by atoms with Gasteiger partial charge in [0.05, 0.1) is 17.0 Å². The molecule has 1 aliphatic heterocycles. The molecule has 9 heteroatoms. The molecule has 1 unspecified atom stereocenters. The zero-order valence-electron chi connectivity index (χ0n) is 19.5. The van der Waals surface area contributed by atoms with Gasteiger partial charge in [0.2, 0.25) is 6.17 Å². The normalized spacial score (nSPS) is 16.8. The zero-order chi connectivity index (χ0) is 26.0. The van der Waals surface area contributed by atoms with Crippen molar-refractivity contribution in [2.75, 3.05) is 4.90 Å². The highest BCUT2D eigenvalue weighted by molar-refractivity contribution is 6.20. The second-order valence-electron chi connectivity index (χ2n) is 8.60. The predicted molar refractivity (Wildman–Crippen MR) is 129 cm³/mol. The van der Waals surface area contributed by atoms with Gasteiger partial charge in [0.15, 0.2) is 6.10 Å². The van der Waals surface area contributed by atoms with Gasteiger partial charge < -0.3 is 15.3 Å². The van der Waals surface area contributed by atoms with Crippen LogP contribution < -0.4 is 10.2 Å². The predicted octanol–water partition coefficient (Wildman–Crippen LogP) is 4.47. The number of nitrogens with zero attached hydrogens (tertiary/aromatic N) is 2. The van der Waals surface area contributed by atoms with E-state index in [4.69, 9.17) is 0 Å². The maximum absolute atomic E-state index is 13.6. The maximum Gasteiger partial charge on any atom is 0.416 e. The van der Waals surface area contributed by atoms with Crippen LogP contribution in [0.15, 0.2) is 83.9 Å². The van der Waals surface area contributed by atoms with Crippen molar-refractivity contribution in [2.45, 2.75) is 38.3 Å². The summed E-state index contributed by atoms with van der Waals surface area (Å²) < 4.78 is 38.6. The lowest BCUT2D eigenvalue weighted by Gasteiger charge is -2.29. The molecule has 0 aliphatic carbocycles. The Bertz CT molecular complexity index is 1290. The smallest absolute Gasteiger partial charge is 0.378 e. The summed E-state index contributed by atoms with van der Waals surface area (Å²) in [6.45, 7) is 3.66. The van der Waals surface area contributed by atoms with Gasteiger partial charge in [0.25, 0.3) is 11.8 Å². The summed E-state index contributed by atoms with van der Waals surface area (Å²) in [7, 11) is 0. The van der Waals surface area contributed by atoms with Crippen molar-refractivity contribution >= 4 is 23.2 Å². The van der Waals surface area contributed by atoms with Crippen molar-refractivity contribution in [3.8, 4) is 0 Å². The number of para-hydroxylation sites is 1. The van der Waals surface area contributed by atoms with E-state index in [9.17, 15) is 27.9 Å². The number of benzodiazepines with no additional fused rings is 1. The van der Waals surface area contributed by atoms with E-state index in [1.54, 1.807) is 12.1 Å². The molecule has 2 N–H and O–H groups in total. The molecular formula is C27H24F3N3O3. The van der Waals surface area contributed by atoms with E-state index < -0.39 is 35.8 Å². The number of hydrogen-bond donors (Lipinski definition) is 2. The van der Waals surface area contributed by atoms with E-state index >= 15 is 0 Å². The van der Waals surface area contributed by atoms with Crippen LogP contribution >= 0.6 is 0 Å². The Morgan fingerprint density at radius 3 is 2.19 bits per heavy atom. The molecule has 6 nitrogen and oxygen atoms in total. The Morgan fingerprint density at radius 2 is 1.58 bits per heavy atom. The van der Waals surface area contributed by atoms with E-state index in [2.05, 4.69) is 10.3 Å². The standard InChI is InChI=1S/C27H24F3N3O3/c1-16(2)33-21-11-7-6-10-20(21)22(17-8-4-3-5-9-17)31-24(26(33)36)32-25(35)23(34)18-12-14-19(15-13-18)27(28,29)30/h3-16,23-24,34H,1-2H3,(H,32,35)/t23?,24-/m0/s1. The number of nitrogens with one attached hydrogen (secondary N) is 1. The first-order chi connectivity index (χ1) is 17.1. The summed E-state index contributed by atoms with van der Waals surface area (Å²) in [5.41, 5.74) is 1.59. The van der Waals surface area contributed by atoms with Crippen LogP contribution in [0.3, 0.4) is 0 Å². The molecule has 0 saturated carbocycles. The summed E-state index contributed by atoms with van der Waals surface area (Å²) in [4.78, 5) is 32.6. The van der Waals surface area contributed by atoms with Gasteiger partial charge in [-0.2, -0.15) is 13.2 Å². The number of aliphatic hydroxyl groups excluding tert-OH is 1. The van der Waals surface area contributed by atoms with Crippen LogP contribution in [0.25, 0.3) is 0 Å². The minimum absolute atomic E-state index is 0.0437. The number of benzene rings is 3. The van der Waals surface area contributed by atoms with Crippen molar-refractivity contribution in [1.29, 1.82) is 0 Å². The van der Waals surface area contributed by atoms with Crippen molar-refractivity contribution < 1.29 is 27.9 Å². The number of halogens is 3. The van der Waals surface area contributed by atoms with Gasteiger partial charge in [-0.1, -0.05) is 60.7 Å². The lowest BCUT2D eigenvalue weighted by atomic mass is 10.00. The molecule has 36 heavy (non-hydrogen) atoms. The molecule has 0 bridgehead atoms. The van der Waals surface area contributed by atoms with Crippen LogP contribution in [-0.2, 0) is 15.8 Å². The molecular weight excluding hydrogens is 471 g/mol. The third-order valence-corrected chi connectivity index (χ3v) is 5.79. The molecule has 4 rings (SSSR count). The Labute approximate surface area is 206 Å². The summed E-state index contributed by atoms with van der Waals surface area (Å²) in [5.74, 6) is -1.46. The SMILES string of the molecule is CC(C)N1C(=O)[C@H](NC(=O)C(O)c2ccc(C(F)(F)F)cc2)N=C(c2ccccc2)c2ccccc21. The third-order valence-electron chi connectivity index (χ3n) is 5.79. The van der Waals surface area contributed by atoms with Gasteiger partial charge in [0, 0.05) is 17.2 Å². The summed E-state index contributed by atoms with van der Waals surface area (Å²) in [6.07, 6.45) is -7.71. The molecule has 0 aromatic heterocycles. The van der Waals surface area contributed by atoms with Gasteiger partial charge in [-0.05, 0) is 37.6 Å². The lowest BCUT2D eigenvalue weighted by molar-refractivity contribution is -0.137. The van der Waals surface area contributed by atoms with Crippen molar-refractivity contribution in [2.24, 2.45) is 4.99 Å². The Balaban J connectivity index is 1.70. The number of amides is 2. The molecule has 186 valence electrons. The molecule has 1 heterocycles. The first-order valence-electron chi connectivity index (χ1n) is 11.3. The van der Waals surface area contributed by atoms with Crippen LogP contribution in [0.2, 0.25) is 0 Å². The van der Waals surface area contributed by atoms with Gasteiger partial charge in [-0.25, -0.2) is 4.99 Å². The number of fused-ring (bicyclic) bond motifs is 1. The number of carbonyl (C=O) groups excluding carboxylic acids is 2. The Hall–Kier alpha value is -3.98. The molecule has 0 saturated heterocycles. The van der Waals surface area contributed by atoms with Gasteiger partial charge in [-0.15, -0.1) is 0 Å². The molecule has 0 spiro atoms. The minimum atomic E-state index is -4.55. The number of alkyl halides is 3. The molecule has 0 fully saturated rings. The number of rotatable bonds is 5. The highest BCUT2D eigenvalue weighted by Gasteiger charge is 2.36. The first kappa shape index (κ1) is 25.1. The van der Waals surface area contributed by atoms with E-state index in [1.807, 2.05) is 56.3 Å². The van der Waals surface area contributed by atoms with Crippen molar-refractivity contribution in [3.05, 3.63) is 101 Å². The highest BCUT2D eigenvalue weighted by Crippen LogP contribution is 2.31. The van der Waals surface area contributed by atoms with Crippen LogP contribution in [0.1, 0.15) is 42.2 Å². The topological polar surface area (TPSA) is 82.0 Å². The third kappa shape index (κ3) is 5.01. The minimum Gasteiger partial charge on any atom is -0.378 e. The molecule has 2 amide bonds. The molecule has 2 atom stereocenters. The van der Waals surface area contributed by atoms with Crippen LogP contribution in [0.5, 0.6) is 0 Å². The monoisotopic (exact) mass is 495 g/mol. The average Bonchev–Trinajstić information content (AvgIpc) is 2.98. The second kappa shape index (κ2) is 9.94. The number of aliphatic hydroxyl groups is 1. The Morgan fingerprint density at radius 1 is 0.972 bits per heavy atom. The number of carbonyl (C=O) groups is 2. The Kier molecular flexibility index (Phi) is 6.94. The molecule has 0 radical (unpaired) electrons. The average molecular weight is 496 g/mol. The first-order valence-corrected chi connectivity index (χ1v) is 11.3. The summed E-state index contributed by atoms with van der Waals surface area (Å²) in [6, 6.07) is 19.8. The van der Waals surface area contributed by atoms with Gasteiger partial charge in [-0.3, -0.25) is 9.59 Å². The van der Waals surface area contributed by atoms with E-state index in [1.165, 1.54) is 4.90 Å². The van der Waals surface area contributed by atoms with Crippen LogP contribution in [-0.4, -0.2) is 34.8 Å². The maximum atomic E-state index is 13.6. The van der Waals surface area contributed by atoms with E-state index in [0.29, 0.717) is 17.0 Å². The largest absolute Gasteiger partial charge is 0.416 e. The fraction of sp³-hybridized carbons (Fsp3) is 0.222. The summed E-state index contributed by atoms with van der Waals surface area (Å²) >= 11 is 0. The zero-order valence-corrected chi connectivity index (χ0v) is 19.5. The number of hydrogen-bond acceptors (Lipinski definition) is 4. The van der Waals surface area contributed by atoms with Gasteiger partial charge >= 0.3 is 6.18 Å². The molecule has 3 aromatic carbocycles. The van der Waals surface area contributed by atoms with Gasteiger partial charge in [0.1, 0.15) is 0 Å². The van der Waals surface area contributed by atoms with E-state index in [0.717, 1.165) is 29.8 Å². The van der Waals surface area contributed by atoms with Crippen LogP contribution in [0.4, 0.5) is 18.9 Å². The second-order valence-corrected chi connectivity index (χ2v) is 8.60. The van der Waals surface area contributed by atoms with Crippen molar-refractivity contribution in [3.63, 3.8) is 0 Å². The summed E-state index contributed by atoms with van der Waals surface area (Å²) in [5, 5.41) is 13.0. The molecule has 1 aliphatic rings. The number of anilines is 1. The fourth-order valence-corrected chi connectivity index (χ4v) is 4.06. The fourth-order valence-electron chi connectivity index (χ4n) is 4.06.